The lowest BCUT2D eigenvalue weighted by Crippen LogP contribution is -2.12. The Kier molecular flexibility index (Phi) is 4.49. The average molecular weight is 413 g/mol. The van der Waals surface area contributed by atoms with Gasteiger partial charge in [-0.05, 0) is 43.3 Å². The highest BCUT2D eigenvalue weighted by atomic mass is 32.1. The number of fused-ring (bicyclic) bond motifs is 1. The first-order valence-corrected chi connectivity index (χ1v) is 10.0. The molecule has 4 aromatic heterocycles. The lowest BCUT2D eigenvalue weighted by atomic mass is 10.1. The van der Waals surface area contributed by atoms with Gasteiger partial charge < -0.3 is 5.32 Å². The molecule has 0 aliphatic heterocycles. The van der Waals surface area contributed by atoms with Crippen molar-refractivity contribution in [1.82, 2.24) is 29.8 Å². The summed E-state index contributed by atoms with van der Waals surface area (Å²) >= 11 is 1.45. The zero-order valence-corrected chi connectivity index (χ0v) is 16.7. The number of benzene rings is 1. The van der Waals surface area contributed by atoms with E-state index in [-0.39, 0.29) is 5.91 Å². The summed E-state index contributed by atoms with van der Waals surface area (Å²) in [5, 5.41) is 18.6. The number of thiazole rings is 1. The van der Waals surface area contributed by atoms with E-state index >= 15 is 0 Å². The molecule has 0 saturated carbocycles. The van der Waals surface area contributed by atoms with Crippen LogP contribution in [-0.4, -0.2) is 35.7 Å². The molecule has 30 heavy (non-hydrogen) atoms. The van der Waals surface area contributed by atoms with Crippen LogP contribution in [0.4, 0.5) is 5.69 Å². The highest BCUT2D eigenvalue weighted by Crippen LogP contribution is 2.22. The summed E-state index contributed by atoms with van der Waals surface area (Å²) in [6, 6.07) is 15.0. The highest BCUT2D eigenvalue weighted by Gasteiger charge is 2.12. The molecule has 0 saturated heterocycles. The van der Waals surface area contributed by atoms with Gasteiger partial charge in [-0.25, -0.2) is 4.98 Å². The van der Waals surface area contributed by atoms with Crippen molar-refractivity contribution in [2.45, 2.75) is 6.92 Å². The van der Waals surface area contributed by atoms with Crippen LogP contribution in [0.25, 0.3) is 28.3 Å². The average Bonchev–Trinajstić information content (AvgIpc) is 3.41. The van der Waals surface area contributed by atoms with Gasteiger partial charge in [-0.15, -0.1) is 21.5 Å². The minimum absolute atomic E-state index is 0.224. The van der Waals surface area contributed by atoms with E-state index in [0.717, 1.165) is 21.8 Å². The molecule has 9 heteroatoms. The van der Waals surface area contributed by atoms with Crippen molar-refractivity contribution >= 4 is 28.6 Å². The molecule has 0 bridgehead atoms. The summed E-state index contributed by atoms with van der Waals surface area (Å²) in [4.78, 5) is 20.5. The van der Waals surface area contributed by atoms with E-state index in [1.807, 2.05) is 55.5 Å². The molecule has 1 amide bonds. The number of carbonyl (C=O) groups is 1. The minimum Gasteiger partial charge on any atom is -0.321 e. The van der Waals surface area contributed by atoms with E-state index in [2.05, 4.69) is 25.5 Å². The predicted octanol–water partition coefficient (Wildman–Crippen LogP) is 3.87. The van der Waals surface area contributed by atoms with Crippen LogP contribution in [-0.2, 0) is 0 Å². The Morgan fingerprint density at radius 1 is 0.967 bits per heavy atom. The van der Waals surface area contributed by atoms with E-state index < -0.39 is 0 Å². The fourth-order valence-electron chi connectivity index (χ4n) is 3.01. The Bertz CT molecular complexity index is 1340. The third-order valence-electron chi connectivity index (χ3n) is 4.49. The summed E-state index contributed by atoms with van der Waals surface area (Å²) in [5.74, 6) is 0.426. The fraction of sp³-hybridized carbons (Fsp3) is 0.0476. The molecule has 146 valence electrons. The molecule has 0 fully saturated rings. The maximum atomic E-state index is 12.3. The number of amides is 1. The number of hydrogen-bond acceptors (Lipinski definition) is 7. The van der Waals surface area contributed by atoms with Gasteiger partial charge in [0, 0.05) is 34.6 Å². The fourth-order valence-corrected chi connectivity index (χ4v) is 3.60. The van der Waals surface area contributed by atoms with Gasteiger partial charge in [-0.3, -0.25) is 9.78 Å². The van der Waals surface area contributed by atoms with Gasteiger partial charge in [0.2, 0.25) is 0 Å². The van der Waals surface area contributed by atoms with E-state index in [9.17, 15) is 4.79 Å². The molecule has 0 atom stereocenters. The first-order chi connectivity index (χ1) is 14.7. The monoisotopic (exact) mass is 413 g/mol. The van der Waals surface area contributed by atoms with Crippen LogP contribution in [0.5, 0.6) is 0 Å². The second-order valence-corrected chi connectivity index (χ2v) is 7.59. The van der Waals surface area contributed by atoms with E-state index in [1.54, 1.807) is 22.3 Å². The molecular weight excluding hydrogens is 398 g/mol. The third-order valence-corrected chi connectivity index (χ3v) is 5.27. The predicted molar refractivity (Wildman–Crippen MR) is 114 cm³/mol. The first-order valence-electron chi connectivity index (χ1n) is 9.14. The standard InChI is InChI=1S/C21H15N7OS/c1-13-23-18(12-30-13)21(29)24-16-4-2-14(3-5-16)17-6-7-19-25-26-20(28(19)27-17)15-8-10-22-11-9-15/h2-12H,1H3,(H,24,29). The lowest BCUT2D eigenvalue weighted by Gasteiger charge is -2.06. The lowest BCUT2D eigenvalue weighted by molar-refractivity contribution is 0.102. The molecule has 0 spiro atoms. The number of nitrogens with one attached hydrogen (secondary N) is 1. The van der Waals surface area contributed by atoms with Crippen LogP contribution in [0.3, 0.4) is 0 Å². The Morgan fingerprint density at radius 2 is 1.77 bits per heavy atom. The second kappa shape index (κ2) is 7.45. The van der Waals surface area contributed by atoms with Crippen molar-refractivity contribution < 1.29 is 4.79 Å². The molecular formula is C21H15N7OS. The van der Waals surface area contributed by atoms with Crippen LogP contribution >= 0.6 is 11.3 Å². The molecule has 1 aromatic carbocycles. The largest absolute Gasteiger partial charge is 0.321 e. The molecule has 4 heterocycles. The quantitative estimate of drug-likeness (QED) is 0.480. The third kappa shape index (κ3) is 3.42. The normalized spacial score (nSPS) is 11.0. The van der Waals surface area contributed by atoms with Crippen molar-refractivity contribution in [3.8, 4) is 22.6 Å². The Balaban J connectivity index is 1.42. The van der Waals surface area contributed by atoms with Crippen LogP contribution in [0, 0.1) is 6.92 Å². The zero-order chi connectivity index (χ0) is 20.5. The van der Waals surface area contributed by atoms with E-state index in [1.165, 1.54) is 11.3 Å². The number of nitrogens with zero attached hydrogens (tertiary/aromatic N) is 6. The topological polar surface area (TPSA) is 98.0 Å². The molecule has 5 rings (SSSR count). The van der Waals surface area contributed by atoms with Gasteiger partial charge >= 0.3 is 0 Å². The molecule has 0 aliphatic carbocycles. The van der Waals surface area contributed by atoms with Crippen LogP contribution in [0.2, 0.25) is 0 Å². The second-order valence-electron chi connectivity index (χ2n) is 6.53. The van der Waals surface area contributed by atoms with E-state index in [4.69, 9.17) is 5.10 Å². The molecule has 8 nitrogen and oxygen atoms in total. The summed E-state index contributed by atoms with van der Waals surface area (Å²) < 4.78 is 1.71. The summed E-state index contributed by atoms with van der Waals surface area (Å²) in [6.07, 6.45) is 3.42. The molecule has 5 aromatic rings. The minimum atomic E-state index is -0.224. The van der Waals surface area contributed by atoms with E-state index in [0.29, 0.717) is 22.9 Å². The Morgan fingerprint density at radius 3 is 2.50 bits per heavy atom. The van der Waals surface area contributed by atoms with Crippen LogP contribution in [0.1, 0.15) is 15.5 Å². The number of hydrogen-bond donors (Lipinski definition) is 1. The molecule has 0 aliphatic rings. The number of aromatic nitrogens is 6. The Hall–Kier alpha value is -3.98. The van der Waals surface area contributed by atoms with Crippen LogP contribution < -0.4 is 5.32 Å². The van der Waals surface area contributed by atoms with Gasteiger partial charge in [-0.2, -0.15) is 9.61 Å². The number of carbonyl (C=O) groups excluding carboxylic acids is 1. The molecule has 0 unspecified atom stereocenters. The number of anilines is 1. The van der Waals surface area contributed by atoms with Crippen molar-refractivity contribution in [3.63, 3.8) is 0 Å². The van der Waals surface area contributed by atoms with Crippen molar-refractivity contribution in [3.05, 3.63) is 77.0 Å². The summed E-state index contributed by atoms with van der Waals surface area (Å²) in [6.45, 7) is 1.87. The summed E-state index contributed by atoms with van der Waals surface area (Å²) in [5.41, 5.74) is 4.34. The molecule has 0 radical (unpaired) electrons. The zero-order valence-electron chi connectivity index (χ0n) is 15.9. The van der Waals surface area contributed by atoms with Gasteiger partial charge in [-0.1, -0.05) is 12.1 Å². The number of aryl methyl sites for hydroxylation is 1. The van der Waals surface area contributed by atoms with Crippen molar-refractivity contribution in [2.75, 3.05) is 5.32 Å². The van der Waals surface area contributed by atoms with Gasteiger partial charge in [0.1, 0.15) is 5.69 Å². The SMILES string of the molecule is Cc1nc(C(=O)Nc2ccc(-c3ccc4nnc(-c5ccncc5)n4n3)cc2)cs1. The maximum Gasteiger partial charge on any atom is 0.275 e. The Labute approximate surface area is 175 Å². The number of rotatable bonds is 4. The van der Waals surface area contributed by atoms with Gasteiger partial charge in [0.05, 0.1) is 10.7 Å². The summed E-state index contributed by atoms with van der Waals surface area (Å²) in [7, 11) is 0. The van der Waals surface area contributed by atoms with Crippen LogP contribution in [0.15, 0.2) is 66.3 Å². The van der Waals surface area contributed by atoms with Crippen molar-refractivity contribution in [1.29, 1.82) is 0 Å². The van der Waals surface area contributed by atoms with Gasteiger partial charge in [0.15, 0.2) is 11.5 Å². The first kappa shape index (κ1) is 18.1. The highest BCUT2D eigenvalue weighted by molar-refractivity contribution is 7.09. The number of pyridine rings is 1. The van der Waals surface area contributed by atoms with Crippen molar-refractivity contribution in [2.24, 2.45) is 0 Å². The smallest absolute Gasteiger partial charge is 0.275 e. The molecule has 1 N–H and O–H groups in total. The van der Waals surface area contributed by atoms with Gasteiger partial charge in [0.25, 0.3) is 5.91 Å². The maximum absolute atomic E-state index is 12.3.